The van der Waals surface area contributed by atoms with Gasteiger partial charge in [0, 0.05) is 37.9 Å². The van der Waals surface area contributed by atoms with Gasteiger partial charge in [-0.1, -0.05) is 49.6 Å². The molecule has 2 aromatic carbocycles. The number of nitrogens with one attached hydrogen (secondary N) is 2. The fourth-order valence-electron chi connectivity index (χ4n) is 4.40. The molecule has 8 heteroatoms. The molecule has 1 heterocycles. The lowest BCUT2D eigenvalue weighted by molar-refractivity contribution is -0.128. The van der Waals surface area contributed by atoms with Crippen molar-refractivity contribution in [1.29, 1.82) is 0 Å². The highest BCUT2D eigenvalue weighted by Gasteiger charge is 2.43. The normalized spacial score (nSPS) is 15.8. The topological polar surface area (TPSA) is 91.4 Å². The maximum atomic E-state index is 13.5. The molecule has 0 saturated heterocycles. The summed E-state index contributed by atoms with van der Waals surface area (Å²) >= 11 is 0. The van der Waals surface area contributed by atoms with Crippen LogP contribution in [-0.4, -0.2) is 38.9 Å². The van der Waals surface area contributed by atoms with Gasteiger partial charge in [-0.2, -0.15) is 4.72 Å². The molecular formula is C25H30N4O3S. The average Bonchev–Trinajstić information content (AvgIpc) is 2.82. The minimum atomic E-state index is -3.97. The summed E-state index contributed by atoms with van der Waals surface area (Å²) in [5.41, 5.74) is 1.27. The molecule has 1 fully saturated rings. The summed E-state index contributed by atoms with van der Waals surface area (Å²) in [4.78, 5) is 19.8. The van der Waals surface area contributed by atoms with Crippen molar-refractivity contribution in [3.05, 3.63) is 66.4 Å². The Kier molecular flexibility index (Phi) is 6.67. The lowest BCUT2D eigenvalue weighted by Gasteiger charge is -2.36. The van der Waals surface area contributed by atoms with Crippen molar-refractivity contribution in [3.63, 3.8) is 0 Å². The number of rotatable bonds is 7. The molecule has 1 aliphatic carbocycles. The summed E-state index contributed by atoms with van der Waals surface area (Å²) in [5.74, 6) is -0.282. The molecule has 0 bridgehead atoms. The summed E-state index contributed by atoms with van der Waals surface area (Å²) < 4.78 is 29.7. The van der Waals surface area contributed by atoms with E-state index in [0.29, 0.717) is 24.9 Å². The van der Waals surface area contributed by atoms with Crippen molar-refractivity contribution < 1.29 is 13.2 Å². The molecule has 2 N–H and O–H groups in total. The Morgan fingerprint density at radius 3 is 2.39 bits per heavy atom. The number of carbonyl (C=O) groups is 1. The van der Waals surface area contributed by atoms with Crippen molar-refractivity contribution in [2.75, 3.05) is 19.0 Å². The van der Waals surface area contributed by atoms with Crippen molar-refractivity contribution in [3.8, 4) is 0 Å². The van der Waals surface area contributed by atoms with Crippen LogP contribution in [0, 0.1) is 0 Å². The molecule has 0 radical (unpaired) electrons. The number of aromatic nitrogens is 1. The van der Waals surface area contributed by atoms with Crippen LogP contribution in [0.15, 0.2) is 65.7 Å². The third-order valence-corrected chi connectivity index (χ3v) is 7.83. The first-order chi connectivity index (χ1) is 15.8. The standard InChI is InChI=1S/C25H30N4O3S/c1-29(2)21-13-11-19(12-14-21)18-27-24(30)25(15-4-3-5-16-25)28-33(31,32)22-10-6-8-20-9-7-17-26-23(20)22/h6-14,17,28H,3-5,15-16,18H2,1-2H3,(H,27,30). The van der Waals surface area contributed by atoms with Gasteiger partial charge in [0.15, 0.2) is 0 Å². The van der Waals surface area contributed by atoms with E-state index in [2.05, 4.69) is 15.0 Å². The van der Waals surface area contributed by atoms with Gasteiger partial charge in [-0.25, -0.2) is 8.42 Å². The Balaban J connectivity index is 1.57. The maximum Gasteiger partial charge on any atom is 0.243 e. The number of carbonyl (C=O) groups excluding carboxylic acids is 1. The number of hydrogen-bond donors (Lipinski definition) is 2. The van der Waals surface area contributed by atoms with Crippen LogP contribution in [0.3, 0.4) is 0 Å². The minimum Gasteiger partial charge on any atom is -0.378 e. The average molecular weight is 467 g/mol. The van der Waals surface area contributed by atoms with Gasteiger partial charge in [0.05, 0.1) is 5.52 Å². The lowest BCUT2D eigenvalue weighted by atomic mass is 9.82. The van der Waals surface area contributed by atoms with Crippen LogP contribution in [0.5, 0.6) is 0 Å². The highest BCUT2D eigenvalue weighted by atomic mass is 32.2. The zero-order chi connectivity index (χ0) is 23.5. The van der Waals surface area contributed by atoms with Crippen LogP contribution in [-0.2, 0) is 21.4 Å². The monoisotopic (exact) mass is 466 g/mol. The number of para-hydroxylation sites is 1. The Hall–Kier alpha value is -2.97. The van der Waals surface area contributed by atoms with Crippen LogP contribution < -0.4 is 14.9 Å². The quantitative estimate of drug-likeness (QED) is 0.555. The summed E-state index contributed by atoms with van der Waals surface area (Å²) in [5, 5.41) is 3.71. The predicted molar refractivity (Wildman–Crippen MR) is 130 cm³/mol. The molecular weight excluding hydrogens is 436 g/mol. The smallest absolute Gasteiger partial charge is 0.243 e. The molecule has 0 aliphatic heterocycles. The van der Waals surface area contributed by atoms with Gasteiger partial charge in [0.1, 0.15) is 10.4 Å². The van der Waals surface area contributed by atoms with Gasteiger partial charge in [-0.3, -0.25) is 9.78 Å². The molecule has 3 aromatic rings. The van der Waals surface area contributed by atoms with Gasteiger partial charge in [0.2, 0.25) is 15.9 Å². The molecule has 4 rings (SSSR count). The fourth-order valence-corrected chi connectivity index (χ4v) is 6.00. The molecule has 1 amide bonds. The van der Waals surface area contributed by atoms with Crippen molar-refractivity contribution in [1.82, 2.24) is 15.0 Å². The third-order valence-electron chi connectivity index (χ3n) is 6.26. The van der Waals surface area contributed by atoms with Gasteiger partial charge < -0.3 is 10.2 Å². The minimum absolute atomic E-state index is 0.0950. The first kappa shape index (κ1) is 23.2. The van der Waals surface area contributed by atoms with Crippen LogP contribution >= 0.6 is 0 Å². The number of sulfonamides is 1. The molecule has 1 aromatic heterocycles. The predicted octanol–water partition coefficient (Wildman–Crippen LogP) is 3.60. The fraction of sp³-hybridized carbons (Fsp3) is 0.360. The lowest BCUT2D eigenvalue weighted by Crippen LogP contribution is -2.59. The maximum absolute atomic E-state index is 13.5. The van der Waals surface area contributed by atoms with Gasteiger partial charge in [0.25, 0.3) is 0 Å². The Bertz CT molecular complexity index is 1230. The number of benzene rings is 2. The van der Waals surface area contributed by atoms with Gasteiger partial charge in [-0.05, 0) is 42.7 Å². The van der Waals surface area contributed by atoms with E-state index in [9.17, 15) is 13.2 Å². The largest absolute Gasteiger partial charge is 0.378 e. The van der Waals surface area contributed by atoms with Crippen LogP contribution in [0.25, 0.3) is 10.9 Å². The van der Waals surface area contributed by atoms with Crippen LogP contribution in [0.4, 0.5) is 5.69 Å². The van der Waals surface area contributed by atoms with Crippen LogP contribution in [0.1, 0.15) is 37.7 Å². The number of amides is 1. The van der Waals surface area contributed by atoms with E-state index < -0.39 is 15.6 Å². The van der Waals surface area contributed by atoms with E-state index in [4.69, 9.17) is 0 Å². The second kappa shape index (κ2) is 9.49. The Morgan fingerprint density at radius 2 is 1.70 bits per heavy atom. The summed E-state index contributed by atoms with van der Waals surface area (Å²) in [6.45, 7) is 0.339. The second-order valence-corrected chi connectivity index (χ2v) is 10.5. The molecule has 0 unspecified atom stereocenters. The van der Waals surface area contributed by atoms with E-state index in [0.717, 1.165) is 35.9 Å². The molecule has 7 nitrogen and oxygen atoms in total. The number of fused-ring (bicyclic) bond motifs is 1. The van der Waals surface area contributed by atoms with Crippen molar-refractivity contribution >= 4 is 32.5 Å². The Morgan fingerprint density at radius 1 is 1.00 bits per heavy atom. The van der Waals surface area contributed by atoms with Crippen molar-refractivity contribution in [2.24, 2.45) is 0 Å². The number of hydrogen-bond acceptors (Lipinski definition) is 5. The summed E-state index contributed by atoms with van der Waals surface area (Å²) in [6, 6.07) is 16.6. The molecule has 174 valence electrons. The van der Waals surface area contributed by atoms with Crippen LogP contribution in [0.2, 0.25) is 0 Å². The van der Waals surface area contributed by atoms with E-state index in [-0.39, 0.29) is 10.8 Å². The van der Waals surface area contributed by atoms with Crippen molar-refractivity contribution in [2.45, 2.75) is 49.1 Å². The van der Waals surface area contributed by atoms with E-state index >= 15 is 0 Å². The molecule has 1 saturated carbocycles. The molecule has 0 spiro atoms. The molecule has 33 heavy (non-hydrogen) atoms. The van der Waals surface area contributed by atoms with E-state index in [1.165, 1.54) is 0 Å². The SMILES string of the molecule is CN(C)c1ccc(CNC(=O)C2(NS(=O)(=O)c3cccc4cccnc34)CCCCC2)cc1. The second-order valence-electron chi connectivity index (χ2n) is 8.82. The Labute approximate surface area is 195 Å². The highest BCUT2D eigenvalue weighted by molar-refractivity contribution is 7.89. The number of pyridine rings is 1. The zero-order valence-corrected chi connectivity index (χ0v) is 19.9. The van der Waals surface area contributed by atoms with Gasteiger partial charge in [-0.15, -0.1) is 0 Å². The first-order valence-corrected chi connectivity index (χ1v) is 12.7. The summed E-state index contributed by atoms with van der Waals surface area (Å²) in [6.07, 6.45) is 5.08. The van der Waals surface area contributed by atoms with E-state index in [1.54, 1.807) is 24.4 Å². The third kappa shape index (κ3) is 5.02. The molecule has 1 aliphatic rings. The highest BCUT2D eigenvalue weighted by Crippen LogP contribution is 2.31. The molecule has 0 atom stereocenters. The van der Waals surface area contributed by atoms with Gasteiger partial charge >= 0.3 is 0 Å². The summed E-state index contributed by atoms with van der Waals surface area (Å²) in [7, 11) is -0.0201. The zero-order valence-electron chi connectivity index (χ0n) is 19.0. The van der Waals surface area contributed by atoms with E-state index in [1.807, 2.05) is 55.4 Å². The number of anilines is 1. The number of nitrogens with zero attached hydrogens (tertiary/aromatic N) is 2. The first-order valence-electron chi connectivity index (χ1n) is 11.2.